The number of fused-ring (bicyclic) bond motifs is 1. The summed E-state index contributed by atoms with van der Waals surface area (Å²) in [5, 5.41) is 17.9. The maximum Gasteiger partial charge on any atom is 0.326 e. The molecule has 3 N–H and O–H groups in total. The third kappa shape index (κ3) is 11.7. The van der Waals surface area contributed by atoms with Crippen LogP contribution >= 0.6 is 11.8 Å². The van der Waals surface area contributed by atoms with Crippen molar-refractivity contribution in [3.05, 3.63) is 83.9 Å². The minimum absolute atomic E-state index is 0.0240. The van der Waals surface area contributed by atoms with Crippen molar-refractivity contribution in [3.63, 3.8) is 0 Å². The molecular formula is C35H47N3O4S. The zero-order valence-electron chi connectivity index (χ0n) is 25.8. The lowest BCUT2D eigenvalue weighted by Crippen LogP contribution is -2.50. The van der Waals surface area contributed by atoms with Gasteiger partial charge in [-0.15, -0.1) is 0 Å². The van der Waals surface area contributed by atoms with Gasteiger partial charge in [0, 0.05) is 25.6 Å². The van der Waals surface area contributed by atoms with Gasteiger partial charge in [-0.1, -0.05) is 93.1 Å². The first-order chi connectivity index (χ1) is 20.8. The van der Waals surface area contributed by atoms with Crippen LogP contribution in [-0.4, -0.2) is 65.0 Å². The van der Waals surface area contributed by atoms with Crippen LogP contribution in [0.2, 0.25) is 0 Å². The Kier molecular flexibility index (Phi) is 14.6. The largest absolute Gasteiger partial charge is 0.480 e. The SMILES string of the molecule is CCC(C)[C@@H](CN(CC(=O)N[C@@H](CCSC)C(=O)O)Cc1cccc2ccccc12)NC(=O)CCCCc1ccccc1. The van der Waals surface area contributed by atoms with Gasteiger partial charge < -0.3 is 15.7 Å². The van der Waals surface area contributed by atoms with Gasteiger partial charge in [0.15, 0.2) is 0 Å². The molecule has 0 aromatic heterocycles. The van der Waals surface area contributed by atoms with Crippen LogP contribution in [0.3, 0.4) is 0 Å². The Bertz CT molecular complexity index is 1300. The fourth-order valence-electron chi connectivity index (χ4n) is 5.26. The number of rotatable bonds is 19. The molecule has 8 heteroatoms. The van der Waals surface area contributed by atoms with Crippen molar-refractivity contribution < 1.29 is 19.5 Å². The maximum atomic E-state index is 13.2. The van der Waals surface area contributed by atoms with Gasteiger partial charge in [0.1, 0.15) is 6.04 Å². The number of carbonyl (C=O) groups is 3. The summed E-state index contributed by atoms with van der Waals surface area (Å²) in [4.78, 5) is 40.1. The summed E-state index contributed by atoms with van der Waals surface area (Å²) in [6, 6.07) is 23.5. The van der Waals surface area contributed by atoms with Gasteiger partial charge in [0.25, 0.3) is 0 Å². The van der Waals surface area contributed by atoms with E-state index >= 15 is 0 Å². The molecule has 0 saturated heterocycles. The van der Waals surface area contributed by atoms with E-state index in [1.165, 1.54) is 5.56 Å². The summed E-state index contributed by atoms with van der Waals surface area (Å²) in [5.74, 6) is -0.496. The zero-order valence-corrected chi connectivity index (χ0v) is 26.6. The summed E-state index contributed by atoms with van der Waals surface area (Å²) in [6.07, 6.45) is 6.32. The van der Waals surface area contributed by atoms with Gasteiger partial charge in [-0.2, -0.15) is 11.8 Å². The van der Waals surface area contributed by atoms with Gasteiger partial charge in [0.2, 0.25) is 11.8 Å². The van der Waals surface area contributed by atoms with Crippen LogP contribution in [0, 0.1) is 5.92 Å². The van der Waals surface area contributed by atoms with Crippen LogP contribution in [0.1, 0.15) is 57.1 Å². The lowest BCUT2D eigenvalue weighted by atomic mass is 9.97. The van der Waals surface area contributed by atoms with E-state index in [-0.39, 0.29) is 30.3 Å². The Morgan fingerprint density at radius 3 is 2.35 bits per heavy atom. The predicted molar refractivity (Wildman–Crippen MR) is 177 cm³/mol. The van der Waals surface area contributed by atoms with Crippen molar-refractivity contribution >= 4 is 40.3 Å². The number of carbonyl (C=O) groups excluding carboxylic acids is 2. The third-order valence-electron chi connectivity index (χ3n) is 7.98. The normalized spacial score (nSPS) is 13.4. The number of thioether (sulfide) groups is 1. The van der Waals surface area contributed by atoms with Gasteiger partial charge in [-0.05, 0) is 65.5 Å². The third-order valence-corrected chi connectivity index (χ3v) is 8.62. The summed E-state index contributed by atoms with van der Waals surface area (Å²) in [7, 11) is 0. The molecule has 3 aromatic rings. The van der Waals surface area contributed by atoms with Crippen molar-refractivity contribution in [2.24, 2.45) is 5.92 Å². The monoisotopic (exact) mass is 605 g/mol. The molecule has 232 valence electrons. The highest BCUT2D eigenvalue weighted by molar-refractivity contribution is 7.98. The predicted octanol–water partition coefficient (Wildman–Crippen LogP) is 5.91. The van der Waals surface area contributed by atoms with Gasteiger partial charge in [-0.3, -0.25) is 14.5 Å². The number of benzene rings is 3. The highest BCUT2D eigenvalue weighted by atomic mass is 32.2. The number of hydrogen-bond acceptors (Lipinski definition) is 5. The minimum Gasteiger partial charge on any atom is -0.480 e. The fourth-order valence-corrected chi connectivity index (χ4v) is 5.73. The fraction of sp³-hybridized carbons (Fsp3) is 0.457. The molecule has 0 fully saturated rings. The van der Waals surface area contributed by atoms with E-state index in [4.69, 9.17) is 0 Å². The van der Waals surface area contributed by atoms with Gasteiger partial charge in [-0.25, -0.2) is 4.79 Å². The Labute approximate surface area is 260 Å². The lowest BCUT2D eigenvalue weighted by molar-refractivity contribution is -0.142. The molecule has 0 heterocycles. The lowest BCUT2D eigenvalue weighted by Gasteiger charge is -2.31. The first-order valence-electron chi connectivity index (χ1n) is 15.3. The molecule has 0 aliphatic rings. The van der Waals surface area contributed by atoms with Crippen molar-refractivity contribution in [1.29, 1.82) is 0 Å². The van der Waals surface area contributed by atoms with Crippen LogP contribution in [-0.2, 0) is 27.3 Å². The number of hydrogen-bond donors (Lipinski definition) is 3. The number of nitrogens with zero attached hydrogens (tertiary/aromatic N) is 1. The molecule has 0 aliphatic heterocycles. The van der Waals surface area contributed by atoms with Crippen molar-refractivity contribution in [3.8, 4) is 0 Å². The molecule has 3 rings (SSSR count). The minimum atomic E-state index is -1.03. The topological polar surface area (TPSA) is 98.7 Å². The standard InChI is InChI=1S/C35H47N3O4S/c1-4-26(2)32(37-33(39)20-11-8-15-27-13-6-5-7-14-27)24-38(25-34(40)36-31(35(41)42)21-22-43-3)23-29-18-12-17-28-16-9-10-19-30(28)29/h5-7,9-10,12-14,16-19,26,31-32H,4,8,11,15,20-25H2,1-3H3,(H,36,40)(H,37,39)(H,41,42)/t26?,31-,32+/m0/s1. The second-order valence-electron chi connectivity index (χ2n) is 11.3. The molecule has 43 heavy (non-hydrogen) atoms. The average Bonchev–Trinajstić information content (AvgIpc) is 3.01. The average molecular weight is 606 g/mol. The highest BCUT2D eigenvalue weighted by Gasteiger charge is 2.25. The molecule has 2 amide bonds. The molecule has 3 atom stereocenters. The Hall–Kier alpha value is -3.36. The summed E-state index contributed by atoms with van der Waals surface area (Å²) >= 11 is 1.55. The Balaban J connectivity index is 1.72. The van der Waals surface area contributed by atoms with Crippen molar-refractivity contribution in [2.75, 3.05) is 25.1 Å². The van der Waals surface area contributed by atoms with Gasteiger partial charge in [0.05, 0.1) is 6.54 Å². The molecule has 0 saturated carbocycles. The van der Waals surface area contributed by atoms with E-state index in [0.717, 1.165) is 42.0 Å². The van der Waals surface area contributed by atoms with Crippen LogP contribution in [0.4, 0.5) is 0 Å². The zero-order chi connectivity index (χ0) is 31.0. The highest BCUT2D eigenvalue weighted by Crippen LogP contribution is 2.21. The number of aryl methyl sites for hydroxylation is 1. The molecular weight excluding hydrogens is 558 g/mol. The van der Waals surface area contributed by atoms with Gasteiger partial charge >= 0.3 is 5.97 Å². The maximum absolute atomic E-state index is 13.2. The first kappa shape index (κ1) is 34.1. The second-order valence-corrected chi connectivity index (χ2v) is 12.3. The van der Waals surface area contributed by atoms with Crippen molar-refractivity contribution in [1.82, 2.24) is 15.5 Å². The number of amides is 2. The van der Waals surface area contributed by atoms with Crippen LogP contribution in [0.5, 0.6) is 0 Å². The second kappa shape index (κ2) is 18.3. The Morgan fingerprint density at radius 1 is 0.907 bits per heavy atom. The Morgan fingerprint density at radius 2 is 1.63 bits per heavy atom. The summed E-state index contributed by atoms with van der Waals surface area (Å²) in [6.45, 7) is 5.24. The quantitative estimate of drug-likeness (QED) is 0.147. The molecule has 0 bridgehead atoms. The number of aliphatic carboxylic acids is 1. The van der Waals surface area contributed by atoms with E-state index in [2.05, 4.69) is 60.9 Å². The van der Waals surface area contributed by atoms with E-state index in [1.807, 2.05) is 47.6 Å². The molecule has 7 nitrogen and oxygen atoms in total. The number of nitrogens with one attached hydrogen (secondary N) is 2. The number of unbranched alkanes of at least 4 members (excludes halogenated alkanes) is 1. The van der Waals surface area contributed by atoms with E-state index in [9.17, 15) is 19.5 Å². The molecule has 1 unspecified atom stereocenters. The first-order valence-corrected chi connectivity index (χ1v) is 16.7. The number of carboxylic acids is 1. The van der Waals surface area contributed by atoms with E-state index in [1.54, 1.807) is 11.8 Å². The van der Waals surface area contributed by atoms with Crippen molar-refractivity contribution in [2.45, 2.75) is 71.0 Å². The van der Waals surface area contributed by atoms with Crippen LogP contribution in [0.25, 0.3) is 10.8 Å². The smallest absolute Gasteiger partial charge is 0.326 e. The molecule has 0 spiro atoms. The molecule has 0 radical (unpaired) electrons. The molecule has 3 aromatic carbocycles. The summed E-state index contributed by atoms with van der Waals surface area (Å²) in [5.41, 5.74) is 2.36. The van der Waals surface area contributed by atoms with E-state index in [0.29, 0.717) is 31.7 Å². The number of carboxylic acid groups (broad SMARTS) is 1. The molecule has 0 aliphatic carbocycles. The van der Waals surface area contributed by atoms with Crippen LogP contribution in [0.15, 0.2) is 72.8 Å². The van der Waals surface area contributed by atoms with Crippen LogP contribution < -0.4 is 10.6 Å². The van der Waals surface area contributed by atoms with E-state index < -0.39 is 12.0 Å². The summed E-state index contributed by atoms with van der Waals surface area (Å²) < 4.78 is 0.